The number of rotatable bonds is 2. The molecular formula is C8H8F2O2S. The van der Waals surface area contributed by atoms with Crippen LogP contribution in [0.1, 0.15) is 6.92 Å². The number of benzene rings is 1. The fourth-order valence-electron chi connectivity index (χ4n) is 0.924. The van der Waals surface area contributed by atoms with Gasteiger partial charge < -0.3 is 0 Å². The topological polar surface area (TPSA) is 34.1 Å². The SMILES string of the molecule is CCS(=O)(=O)c1c(F)cccc1F. The van der Waals surface area contributed by atoms with Crippen LogP contribution in [0.25, 0.3) is 0 Å². The summed E-state index contributed by atoms with van der Waals surface area (Å²) in [5.41, 5.74) is 0. The minimum atomic E-state index is -3.81. The first kappa shape index (κ1) is 10.1. The van der Waals surface area contributed by atoms with Gasteiger partial charge in [0.2, 0.25) is 0 Å². The fraction of sp³-hybridized carbons (Fsp3) is 0.250. The minimum absolute atomic E-state index is 0.315. The number of sulfone groups is 1. The Balaban J connectivity index is 3.46. The first-order chi connectivity index (χ1) is 5.99. The lowest BCUT2D eigenvalue weighted by atomic mass is 10.3. The van der Waals surface area contributed by atoms with Crippen LogP contribution in [0.5, 0.6) is 0 Å². The molecule has 0 radical (unpaired) electrons. The van der Waals surface area contributed by atoms with Gasteiger partial charge in [-0.15, -0.1) is 0 Å². The average Bonchev–Trinajstić information content (AvgIpc) is 2.03. The maximum atomic E-state index is 12.9. The van der Waals surface area contributed by atoms with Gasteiger partial charge in [-0.05, 0) is 12.1 Å². The lowest BCUT2D eigenvalue weighted by molar-refractivity contribution is 0.519. The van der Waals surface area contributed by atoms with Crippen molar-refractivity contribution in [2.45, 2.75) is 11.8 Å². The first-order valence-corrected chi connectivity index (χ1v) is 5.31. The average molecular weight is 206 g/mol. The van der Waals surface area contributed by atoms with Gasteiger partial charge in [0, 0.05) is 0 Å². The third-order valence-corrected chi connectivity index (χ3v) is 3.38. The quantitative estimate of drug-likeness (QED) is 0.738. The molecule has 0 amide bonds. The van der Waals surface area contributed by atoms with Crippen molar-refractivity contribution >= 4 is 9.84 Å². The number of hydrogen-bond donors (Lipinski definition) is 0. The Morgan fingerprint density at radius 1 is 1.23 bits per heavy atom. The van der Waals surface area contributed by atoms with Gasteiger partial charge in [0.1, 0.15) is 16.5 Å². The monoisotopic (exact) mass is 206 g/mol. The minimum Gasteiger partial charge on any atom is -0.223 e. The lowest BCUT2D eigenvalue weighted by Gasteiger charge is -2.03. The molecule has 1 rings (SSSR count). The summed E-state index contributed by atoms with van der Waals surface area (Å²) in [5.74, 6) is -2.39. The van der Waals surface area contributed by atoms with Crippen molar-refractivity contribution in [2.75, 3.05) is 5.75 Å². The van der Waals surface area contributed by atoms with Crippen molar-refractivity contribution in [3.63, 3.8) is 0 Å². The van der Waals surface area contributed by atoms with E-state index in [9.17, 15) is 17.2 Å². The Kier molecular flexibility index (Phi) is 2.66. The second-order valence-corrected chi connectivity index (χ2v) is 4.67. The molecule has 2 nitrogen and oxygen atoms in total. The van der Waals surface area contributed by atoms with E-state index in [0.717, 1.165) is 18.2 Å². The standard InChI is InChI=1S/C8H8F2O2S/c1-2-13(11,12)8-6(9)4-3-5-7(8)10/h3-5H,2H2,1H3. The van der Waals surface area contributed by atoms with E-state index >= 15 is 0 Å². The molecular weight excluding hydrogens is 198 g/mol. The summed E-state index contributed by atoms with van der Waals surface area (Å²) in [6, 6.07) is 2.97. The molecule has 72 valence electrons. The lowest BCUT2D eigenvalue weighted by Crippen LogP contribution is -2.08. The molecule has 13 heavy (non-hydrogen) atoms. The molecule has 0 saturated heterocycles. The zero-order valence-corrected chi connectivity index (χ0v) is 7.74. The van der Waals surface area contributed by atoms with Gasteiger partial charge in [0.05, 0.1) is 5.75 Å². The normalized spacial score (nSPS) is 11.6. The summed E-state index contributed by atoms with van der Waals surface area (Å²) in [6.45, 7) is 1.33. The van der Waals surface area contributed by atoms with Gasteiger partial charge in [-0.3, -0.25) is 0 Å². The zero-order valence-electron chi connectivity index (χ0n) is 6.92. The van der Waals surface area contributed by atoms with E-state index < -0.39 is 26.4 Å². The van der Waals surface area contributed by atoms with Crippen molar-refractivity contribution in [1.29, 1.82) is 0 Å². The van der Waals surface area contributed by atoms with Crippen LogP contribution in [0, 0.1) is 11.6 Å². The molecule has 0 saturated carbocycles. The van der Waals surface area contributed by atoms with E-state index in [-0.39, 0.29) is 5.75 Å². The zero-order chi connectivity index (χ0) is 10.1. The molecule has 0 N–H and O–H groups in total. The second kappa shape index (κ2) is 3.41. The molecule has 0 aliphatic heterocycles. The Bertz CT molecular complexity index is 392. The van der Waals surface area contributed by atoms with Crippen LogP contribution in [0.3, 0.4) is 0 Å². The van der Waals surface area contributed by atoms with Crippen LogP contribution in [0.2, 0.25) is 0 Å². The van der Waals surface area contributed by atoms with E-state index in [0.29, 0.717) is 0 Å². The van der Waals surface area contributed by atoms with Crippen LogP contribution in [0.15, 0.2) is 23.1 Å². The van der Waals surface area contributed by atoms with Gasteiger partial charge in [-0.2, -0.15) is 0 Å². The number of halogens is 2. The summed E-state index contributed by atoms with van der Waals surface area (Å²) < 4.78 is 48.2. The maximum Gasteiger partial charge on any atom is 0.183 e. The summed E-state index contributed by atoms with van der Waals surface area (Å²) in [5, 5.41) is 0. The van der Waals surface area contributed by atoms with Crippen molar-refractivity contribution < 1.29 is 17.2 Å². The van der Waals surface area contributed by atoms with Gasteiger partial charge >= 0.3 is 0 Å². The molecule has 0 unspecified atom stereocenters. The predicted octanol–water partition coefficient (Wildman–Crippen LogP) is 1.76. The smallest absolute Gasteiger partial charge is 0.183 e. The Morgan fingerprint density at radius 2 is 1.69 bits per heavy atom. The molecule has 0 atom stereocenters. The second-order valence-electron chi connectivity index (χ2n) is 2.45. The van der Waals surface area contributed by atoms with Gasteiger partial charge in [0.15, 0.2) is 9.84 Å². The predicted molar refractivity (Wildman–Crippen MR) is 44.1 cm³/mol. The molecule has 0 spiro atoms. The highest BCUT2D eigenvalue weighted by atomic mass is 32.2. The number of hydrogen-bond acceptors (Lipinski definition) is 2. The molecule has 0 aromatic heterocycles. The third-order valence-electron chi connectivity index (χ3n) is 1.61. The molecule has 0 aliphatic rings. The fourth-order valence-corrected chi connectivity index (χ4v) is 1.94. The Labute approximate surface area is 75.1 Å². The highest BCUT2D eigenvalue weighted by Gasteiger charge is 2.21. The summed E-state index contributed by atoms with van der Waals surface area (Å²) in [7, 11) is -3.81. The van der Waals surface area contributed by atoms with Crippen molar-refractivity contribution in [1.82, 2.24) is 0 Å². The summed E-state index contributed by atoms with van der Waals surface area (Å²) in [6.07, 6.45) is 0. The van der Waals surface area contributed by atoms with E-state index in [2.05, 4.69) is 0 Å². The summed E-state index contributed by atoms with van der Waals surface area (Å²) >= 11 is 0. The molecule has 1 aromatic carbocycles. The van der Waals surface area contributed by atoms with Gasteiger partial charge in [-0.25, -0.2) is 17.2 Å². The largest absolute Gasteiger partial charge is 0.223 e. The highest BCUT2D eigenvalue weighted by Crippen LogP contribution is 2.19. The van der Waals surface area contributed by atoms with E-state index in [1.54, 1.807) is 0 Å². The molecule has 5 heteroatoms. The Hall–Kier alpha value is -0.970. The van der Waals surface area contributed by atoms with Crippen LogP contribution in [-0.4, -0.2) is 14.2 Å². The molecule has 0 bridgehead atoms. The van der Waals surface area contributed by atoms with Crippen molar-refractivity contribution in [2.24, 2.45) is 0 Å². The van der Waals surface area contributed by atoms with Crippen molar-refractivity contribution in [3.8, 4) is 0 Å². The molecule has 1 aromatic rings. The third kappa shape index (κ3) is 1.85. The van der Waals surface area contributed by atoms with Crippen LogP contribution in [0.4, 0.5) is 8.78 Å². The highest BCUT2D eigenvalue weighted by molar-refractivity contribution is 7.91. The Morgan fingerprint density at radius 3 is 2.08 bits per heavy atom. The van der Waals surface area contributed by atoms with Gasteiger partial charge in [0.25, 0.3) is 0 Å². The van der Waals surface area contributed by atoms with Crippen LogP contribution < -0.4 is 0 Å². The van der Waals surface area contributed by atoms with Gasteiger partial charge in [-0.1, -0.05) is 13.0 Å². The van der Waals surface area contributed by atoms with Crippen LogP contribution in [-0.2, 0) is 9.84 Å². The molecule has 0 fully saturated rings. The summed E-state index contributed by atoms with van der Waals surface area (Å²) in [4.78, 5) is -0.836. The first-order valence-electron chi connectivity index (χ1n) is 3.66. The molecule has 0 aliphatic carbocycles. The van der Waals surface area contributed by atoms with E-state index in [4.69, 9.17) is 0 Å². The van der Waals surface area contributed by atoms with E-state index in [1.165, 1.54) is 6.92 Å². The maximum absolute atomic E-state index is 12.9. The van der Waals surface area contributed by atoms with Crippen LogP contribution >= 0.6 is 0 Å². The van der Waals surface area contributed by atoms with E-state index in [1.807, 2.05) is 0 Å². The molecule has 0 heterocycles. The van der Waals surface area contributed by atoms with Crippen molar-refractivity contribution in [3.05, 3.63) is 29.8 Å².